The van der Waals surface area contributed by atoms with Crippen molar-refractivity contribution in [2.45, 2.75) is 0 Å². The number of carbonyl (C=O) groups excluding carboxylic acids is 1. The lowest BCUT2D eigenvalue weighted by Gasteiger charge is -2.28. The smallest absolute Gasteiger partial charge is 0.252 e. The number of anilines is 2. The van der Waals surface area contributed by atoms with Crippen molar-refractivity contribution in [3.05, 3.63) is 23.8 Å². The van der Waals surface area contributed by atoms with Crippen molar-refractivity contribution in [3.8, 4) is 0 Å². The summed E-state index contributed by atoms with van der Waals surface area (Å²) in [4.78, 5) is 15.7. The Bertz CT molecular complexity index is 455. The van der Waals surface area contributed by atoms with Gasteiger partial charge in [-0.2, -0.15) is 0 Å². The fourth-order valence-corrected chi connectivity index (χ4v) is 3.15. The van der Waals surface area contributed by atoms with E-state index in [2.05, 4.69) is 0 Å². The highest BCUT2D eigenvalue weighted by molar-refractivity contribution is 6.67. The van der Waals surface area contributed by atoms with Crippen LogP contribution in [0.4, 0.5) is 11.4 Å². The van der Waals surface area contributed by atoms with Crippen LogP contribution in [-0.2, 0) is 0 Å². The van der Waals surface area contributed by atoms with Gasteiger partial charge >= 0.3 is 0 Å². The van der Waals surface area contributed by atoms with Gasteiger partial charge in [-0.3, -0.25) is 4.79 Å². The summed E-state index contributed by atoms with van der Waals surface area (Å²) in [6.07, 6.45) is 0. The molecule has 0 saturated heterocycles. The third-order valence-electron chi connectivity index (χ3n) is 3.28. The maximum atomic E-state index is 11.7. The van der Waals surface area contributed by atoms with E-state index in [9.17, 15) is 4.79 Å². The second kappa shape index (κ2) is 11.5. The molecule has 0 atom stereocenters. The minimum atomic E-state index is -0.513. The van der Waals surface area contributed by atoms with Gasteiger partial charge in [-0.1, -0.05) is 0 Å². The first-order valence-corrected chi connectivity index (χ1v) is 9.67. The molecule has 0 aliphatic carbocycles. The second-order valence-corrected chi connectivity index (χ2v) is 6.60. The van der Waals surface area contributed by atoms with Crippen LogP contribution in [0.2, 0.25) is 0 Å². The molecule has 0 aliphatic rings. The Balaban J connectivity index is 3.26. The zero-order valence-electron chi connectivity index (χ0n) is 12.6. The third kappa shape index (κ3) is 6.75. The molecule has 0 radical (unpaired) electrons. The van der Waals surface area contributed by atoms with E-state index in [1.54, 1.807) is 12.1 Å². The summed E-state index contributed by atoms with van der Waals surface area (Å²) < 4.78 is 0. The molecule has 0 amide bonds. The van der Waals surface area contributed by atoms with Crippen molar-refractivity contribution in [3.63, 3.8) is 0 Å². The summed E-state index contributed by atoms with van der Waals surface area (Å²) in [5.74, 6) is 1.83. The van der Waals surface area contributed by atoms with E-state index in [0.29, 0.717) is 55.3 Å². The molecule has 1 aromatic rings. The number of carbonyl (C=O) groups is 1. The summed E-state index contributed by atoms with van der Waals surface area (Å²) in [6.45, 7) is 2.49. The zero-order chi connectivity index (χ0) is 17.2. The predicted octanol–water partition coefficient (Wildman–Crippen LogP) is 4.63. The first-order valence-electron chi connectivity index (χ1n) is 7.16. The molecule has 0 unspecified atom stereocenters. The van der Waals surface area contributed by atoms with Gasteiger partial charge in [-0.25, -0.2) is 0 Å². The van der Waals surface area contributed by atoms with Gasteiger partial charge < -0.3 is 9.80 Å². The highest BCUT2D eigenvalue weighted by Gasteiger charge is 2.14. The number of nitrogens with zero attached hydrogens (tertiary/aromatic N) is 2. The number of rotatable bonds is 11. The van der Waals surface area contributed by atoms with Crippen LogP contribution >= 0.6 is 58.0 Å². The van der Waals surface area contributed by atoms with Crippen molar-refractivity contribution in [2.24, 2.45) is 0 Å². The van der Waals surface area contributed by atoms with Crippen LogP contribution in [0, 0.1) is 0 Å². The van der Waals surface area contributed by atoms with Crippen molar-refractivity contribution in [1.29, 1.82) is 0 Å². The molecule has 0 saturated carbocycles. The largest absolute Gasteiger partial charge is 0.369 e. The fraction of sp³-hybridized carbons (Fsp3) is 0.533. The summed E-state index contributed by atoms with van der Waals surface area (Å²) in [7, 11) is 0. The maximum absolute atomic E-state index is 11.7. The quantitative estimate of drug-likeness (QED) is 0.385. The van der Waals surface area contributed by atoms with E-state index in [-0.39, 0.29) is 0 Å². The molecule has 3 nitrogen and oxygen atoms in total. The number of hydrogen-bond donors (Lipinski definition) is 0. The molecule has 0 bridgehead atoms. The standard InChI is InChI=1S/C15H19Cl5N2O/c16-1-5-21(6-2-17)13-9-12(15(20)23)10-14(11-13)22(7-3-18)8-4-19/h9-11H,1-8H2. The van der Waals surface area contributed by atoms with Crippen molar-refractivity contribution in [1.82, 2.24) is 0 Å². The number of alkyl halides is 4. The minimum Gasteiger partial charge on any atom is -0.369 e. The first kappa shape index (κ1) is 21.0. The lowest BCUT2D eigenvalue weighted by molar-refractivity contribution is 0.108. The van der Waals surface area contributed by atoms with Crippen LogP contribution in [0.1, 0.15) is 10.4 Å². The Morgan fingerprint density at radius 2 is 1.09 bits per heavy atom. The normalized spacial score (nSPS) is 10.7. The Labute approximate surface area is 162 Å². The van der Waals surface area contributed by atoms with E-state index in [1.165, 1.54) is 0 Å². The second-order valence-electron chi connectivity index (χ2n) is 4.74. The van der Waals surface area contributed by atoms with Gasteiger partial charge in [0.2, 0.25) is 0 Å². The molecule has 0 spiro atoms. The average Bonchev–Trinajstić information content (AvgIpc) is 2.54. The highest BCUT2D eigenvalue weighted by Crippen LogP contribution is 2.27. The van der Waals surface area contributed by atoms with Gasteiger partial charge in [-0.15, -0.1) is 46.4 Å². The molecule has 1 aromatic carbocycles. The Kier molecular flexibility index (Phi) is 10.5. The SMILES string of the molecule is O=C(Cl)c1cc(N(CCCl)CCCl)cc(N(CCCl)CCCl)c1. The molecule has 1 rings (SSSR count). The number of halogens is 5. The third-order valence-corrected chi connectivity index (χ3v) is 4.17. The van der Waals surface area contributed by atoms with Crippen molar-refractivity contribution < 1.29 is 4.79 Å². The van der Waals surface area contributed by atoms with E-state index in [4.69, 9.17) is 58.0 Å². The summed E-state index contributed by atoms with van der Waals surface area (Å²) in [5.41, 5.74) is 2.12. The van der Waals surface area contributed by atoms with Crippen molar-refractivity contribution in [2.75, 3.05) is 59.5 Å². The lowest BCUT2D eigenvalue weighted by Crippen LogP contribution is -2.30. The van der Waals surface area contributed by atoms with Crippen LogP contribution in [0.25, 0.3) is 0 Å². The van der Waals surface area contributed by atoms with E-state index in [1.807, 2.05) is 15.9 Å². The maximum Gasteiger partial charge on any atom is 0.252 e. The van der Waals surface area contributed by atoms with Crippen LogP contribution in [0.5, 0.6) is 0 Å². The average molecular weight is 421 g/mol. The van der Waals surface area contributed by atoms with Gasteiger partial charge in [0.25, 0.3) is 5.24 Å². The molecule has 0 aliphatic heterocycles. The topological polar surface area (TPSA) is 23.6 Å². The monoisotopic (exact) mass is 418 g/mol. The van der Waals surface area contributed by atoms with Crippen LogP contribution in [0.15, 0.2) is 18.2 Å². The summed E-state index contributed by atoms with van der Waals surface area (Å²) in [5, 5.41) is -0.513. The minimum absolute atomic E-state index is 0.419. The highest BCUT2D eigenvalue weighted by atomic mass is 35.5. The molecule has 0 heterocycles. The molecule has 8 heteroatoms. The van der Waals surface area contributed by atoms with Gasteiger partial charge in [0.15, 0.2) is 0 Å². The Morgan fingerprint density at radius 1 is 0.739 bits per heavy atom. The van der Waals surface area contributed by atoms with E-state index < -0.39 is 5.24 Å². The molecule has 0 N–H and O–H groups in total. The zero-order valence-corrected chi connectivity index (χ0v) is 16.4. The number of benzene rings is 1. The molecular weight excluding hydrogens is 401 g/mol. The summed E-state index contributed by atoms with van der Waals surface area (Å²) >= 11 is 29.1. The Hall–Kier alpha value is -0.0600. The lowest BCUT2D eigenvalue weighted by atomic mass is 10.1. The Morgan fingerprint density at radius 3 is 1.35 bits per heavy atom. The molecular formula is C15H19Cl5N2O. The fourth-order valence-electron chi connectivity index (χ4n) is 2.22. The molecule has 0 aromatic heterocycles. The van der Waals surface area contributed by atoms with Gasteiger partial charge in [0.1, 0.15) is 0 Å². The molecule has 130 valence electrons. The van der Waals surface area contributed by atoms with Crippen molar-refractivity contribution >= 4 is 74.6 Å². The first-order chi connectivity index (χ1) is 11.1. The van der Waals surface area contributed by atoms with Crippen LogP contribution < -0.4 is 9.80 Å². The summed E-state index contributed by atoms with van der Waals surface area (Å²) in [6, 6.07) is 5.47. The van der Waals surface area contributed by atoms with Gasteiger partial charge in [0.05, 0.1) is 0 Å². The van der Waals surface area contributed by atoms with Crippen LogP contribution in [0.3, 0.4) is 0 Å². The predicted molar refractivity (Wildman–Crippen MR) is 104 cm³/mol. The van der Waals surface area contributed by atoms with E-state index >= 15 is 0 Å². The van der Waals surface area contributed by atoms with Gasteiger partial charge in [0, 0.05) is 66.6 Å². The van der Waals surface area contributed by atoms with Gasteiger partial charge in [-0.05, 0) is 29.8 Å². The number of hydrogen-bond acceptors (Lipinski definition) is 3. The molecule has 0 fully saturated rings. The van der Waals surface area contributed by atoms with E-state index in [0.717, 1.165) is 11.4 Å². The van der Waals surface area contributed by atoms with Crippen LogP contribution in [-0.4, -0.2) is 54.9 Å². The molecule has 23 heavy (non-hydrogen) atoms.